The summed E-state index contributed by atoms with van der Waals surface area (Å²) >= 11 is 1.89. The fraction of sp³-hybridized carbons (Fsp3) is 0.643. The van der Waals surface area contributed by atoms with Gasteiger partial charge in [-0.15, -0.1) is 0 Å². The summed E-state index contributed by atoms with van der Waals surface area (Å²) < 4.78 is 1.88. The number of unbranched alkanes of at least 4 members (excludes halogenated alkanes) is 3. The molecule has 4 nitrogen and oxygen atoms in total. The van der Waals surface area contributed by atoms with Crippen molar-refractivity contribution in [2.24, 2.45) is 0 Å². The number of nitrogen functional groups attached to an aromatic ring is 1. The molecular formula is C14H25N3OS. The van der Waals surface area contributed by atoms with E-state index in [1.165, 1.54) is 25.0 Å². The Hall–Kier alpha value is -1.10. The Balaban J connectivity index is 2.24. The lowest BCUT2D eigenvalue weighted by atomic mass is 10.2. The molecule has 0 spiro atoms. The van der Waals surface area contributed by atoms with Crippen LogP contribution in [-0.4, -0.2) is 29.0 Å². The van der Waals surface area contributed by atoms with Crippen LogP contribution in [0, 0.1) is 0 Å². The zero-order valence-electron chi connectivity index (χ0n) is 11.9. The molecule has 0 radical (unpaired) electrons. The summed E-state index contributed by atoms with van der Waals surface area (Å²) in [6, 6.07) is 1.73. The van der Waals surface area contributed by atoms with Crippen LogP contribution in [0.5, 0.6) is 0 Å². The van der Waals surface area contributed by atoms with Gasteiger partial charge in [0.1, 0.15) is 5.69 Å². The van der Waals surface area contributed by atoms with Gasteiger partial charge in [0.25, 0.3) is 5.91 Å². The zero-order chi connectivity index (χ0) is 14.1. The fourth-order valence-electron chi connectivity index (χ4n) is 2.00. The molecule has 108 valence electrons. The minimum absolute atomic E-state index is 0.0253. The first-order valence-corrected chi connectivity index (χ1v) is 8.31. The van der Waals surface area contributed by atoms with E-state index in [1.807, 2.05) is 23.3 Å². The van der Waals surface area contributed by atoms with Gasteiger partial charge in [-0.3, -0.25) is 4.79 Å². The first-order chi connectivity index (χ1) is 9.19. The molecule has 1 heterocycles. The maximum atomic E-state index is 12.0. The molecular weight excluding hydrogens is 258 g/mol. The van der Waals surface area contributed by atoms with Crippen molar-refractivity contribution in [3.63, 3.8) is 0 Å². The highest BCUT2D eigenvalue weighted by Gasteiger charge is 2.10. The van der Waals surface area contributed by atoms with Crippen molar-refractivity contribution in [2.45, 2.75) is 39.2 Å². The van der Waals surface area contributed by atoms with Crippen molar-refractivity contribution in [3.8, 4) is 0 Å². The summed E-state index contributed by atoms with van der Waals surface area (Å²) in [6.45, 7) is 3.50. The van der Waals surface area contributed by atoms with Crippen LogP contribution in [-0.2, 0) is 6.54 Å². The van der Waals surface area contributed by atoms with Gasteiger partial charge in [0, 0.05) is 19.3 Å². The number of carbonyl (C=O) groups is 1. The van der Waals surface area contributed by atoms with Crippen molar-refractivity contribution in [1.29, 1.82) is 0 Å². The predicted molar refractivity (Wildman–Crippen MR) is 83.7 cm³/mol. The normalized spacial score (nSPS) is 10.6. The molecule has 1 amide bonds. The predicted octanol–water partition coefficient (Wildman–Crippen LogP) is 2.74. The summed E-state index contributed by atoms with van der Waals surface area (Å²) in [5.41, 5.74) is 7.01. The molecule has 1 rings (SSSR count). The number of nitrogens with two attached hydrogens (primary N) is 1. The zero-order valence-corrected chi connectivity index (χ0v) is 12.8. The number of anilines is 1. The van der Waals surface area contributed by atoms with Crippen molar-refractivity contribution in [3.05, 3.63) is 18.0 Å². The Morgan fingerprint density at radius 3 is 2.79 bits per heavy atom. The standard InChI is InChI=1S/C14H25N3OS/c1-3-17-11-12(15)10-13(17)14(18)16-8-6-4-5-7-9-19-2/h10-11H,3-9,15H2,1-2H3,(H,16,18). The van der Waals surface area contributed by atoms with Crippen LogP contribution in [0.3, 0.4) is 0 Å². The molecule has 0 aliphatic heterocycles. The largest absolute Gasteiger partial charge is 0.397 e. The average Bonchev–Trinajstić information content (AvgIpc) is 2.79. The molecule has 0 bridgehead atoms. The minimum Gasteiger partial charge on any atom is -0.397 e. The van der Waals surface area contributed by atoms with E-state index in [-0.39, 0.29) is 5.91 Å². The van der Waals surface area contributed by atoms with Crippen LogP contribution in [0.15, 0.2) is 12.3 Å². The van der Waals surface area contributed by atoms with E-state index in [9.17, 15) is 4.79 Å². The lowest BCUT2D eigenvalue weighted by molar-refractivity contribution is 0.0944. The van der Waals surface area contributed by atoms with E-state index in [2.05, 4.69) is 11.6 Å². The number of nitrogens with one attached hydrogen (secondary N) is 1. The van der Waals surface area contributed by atoms with E-state index in [0.717, 1.165) is 19.5 Å². The summed E-state index contributed by atoms with van der Waals surface area (Å²) in [4.78, 5) is 12.0. The lowest BCUT2D eigenvalue weighted by Crippen LogP contribution is -2.26. The Morgan fingerprint density at radius 2 is 2.11 bits per heavy atom. The smallest absolute Gasteiger partial charge is 0.267 e. The second-order valence-corrected chi connectivity index (χ2v) is 5.59. The number of nitrogens with zero attached hydrogens (tertiary/aromatic N) is 1. The summed E-state index contributed by atoms with van der Waals surface area (Å²) in [5, 5.41) is 2.96. The highest BCUT2D eigenvalue weighted by molar-refractivity contribution is 7.98. The molecule has 0 saturated carbocycles. The molecule has 0 aliphatic carbocycles. The monoisotopic (exact) mass is 283 g/mol. The van der Waals surface area contributed by atoms with Crippen LogP contribution in [0.1, 0.15) is 43.1 Å². The van der Waals surface area contributed by atoms with Crippen molar-refractivity contribution < 1.29 is 4.79 Å². The highest BCUT2D eigenvalue weighted by atomic mass is 32.2. The van der Waals surface area contributed by atoms with Crippen molar-refractivity contribution >= 4 is 23.4 Å². The van der Waals surface area contributed by atoms with Crippen LogP contribution in [0.4, 0.5) is 5.69 Å². The first kappa shape index (κ1) is 16.0. The number of aryl methyl sites for hydroxylation is 1. The van der Waals surface area contributed by atoms with E-state index < -0.39 is 0 Å². The molecule has 0 atom stereocenters. The molecule has 0 aromatic carbocycles. The number of rotatable bonds is 9. The first-order valence-electron chi connectivity index (χ1n) is 6.91. The third-order valence-corrected chi connectivity index (χ3v) is 3.75. The SMILES string of the molecule is CCn1cc(N)cc1C(=O)NCCCCCCSC. The van der Waals surface area contributed by atoms with Gasteiger partial charge in [-0.25, -0.2) is 0 Å². The van der Waals surface area contributed by atoms with Crippen molar-refractivity contribution in [2.75, 3.05) is 24.3 Å². The van der Waals surface area contributed by atoms with Gasteiger partial charge >= 0.3 is 0 Å². The van der Waals surface area contributed by atoms with Gasteiger partial charge in [0.2, 0.25) is 0 Å². The second-order valence-electron chi connectivity index (χ2n) is 4.61. The molecule has 0 aliphatic rings. The number of thioether (sulfide) groups is 1. The molecule has 5 heteroatoms. The Kier molecular flexibility index (Phi) is 7.48. The number of aromatic nitrogens is 1. The number of hydrogen-bond donors (Lipinski definition) is 2. The van der Waals surface area contributed by atoms with Gasteiger partial charge < -0.3 is 15.6 Å². The maximum absolute atomic E-state index is 12.0. The third-order valence-electron chi connectivity index (χ3n) is 3.05. The quantitative estimate of drug-likeness (QED) is 0.685. The number of carbonyl (C=O) groups excluding carboxylic acids is 1. The van der Waals surface area contributed by atoms with Crippen LogP contribution in [0.2, 0.25) is 0 Å². The average molecular weight is 283 g/mol. The number of amides is 1. The van der Waals surface area contributed by atoms with E-state index >= 15 is 0 Å². The number of hydrogen-bond acceptors (Lipinski definition) is 3. The molecule has 0 unspecified atom stereocenters. The Morgan fingerprint density at radius 1 is 1.37 bits per heavy atom. The molecule has 1 aromatic rings. The fourth-order valence-corrected chi connectivity index (χ4v) is 2.50. The van der Waals surface area contributed by atoms with Gasteiger partial charge in [-0.2, -0.15) is 11.8 Å². The topological polar surface area (TPSA) is 60.0 Å². The summed E-state index contributed by atoms with van der Waals surface area (Å²) in [6.07, 6.45) is 8.67. The minimum atomic E-state index is -0.0253. The molecule has 1 aromatic heterocycles. The second kappa shape index (κ2) is 8.91. The van der Waals surface area contributed by atoms with Crippen LogP contribution >= 0.6 is 11.8 Å². The van der Waals surface area contributed by atoms with Crippen molar-refractivity contribution in [1.82, 2.24) is 9.88 Å². The van der Waals surface area contributed by atoms with E-state index in [1.54, 1.807) is 12.3 Å². The third kappa shape index (κ3) is 5.59. The summed E-state index contributed by atoms with van der Waals surface area (Å²) in [7, 11) is 0. The highest BCUT2D eigenvalue weighted by Crippen LogP contribution is 2.10. The van der Waals surface area contributed by atoms with E-state index in [0.29, 0.717) is 11.4 Å². The maximum Gasteiger partial charge on any atom is 0.267 e. The van der Waals surface area contributed by atoms with Gasteiger partial charge in [0.15, 0.2) is 0 Å². The molecule has 19 heavy (non-hydrogen) atoms. The molecule has 3 N–H and O–H groups in total. The van der Waals surface area contributed by atoms with Gasteiger partial charge in [-0.1, -0.05) is 12.8 Å². The van der Waals surface area contributed by atoms with Gasteiger partial charge in [0.05, 0.1) is 5.69 Å². The summed E-state index contributed by atoms with van der Waals surface area (Å²) in [5.74, 6) is 1.21. The Labute approximate surface area is 120 Å². The Bertz CT molecular complexity index is 390. The van der Waals surface area contributed by atoms with Gasteiger partial charge in [-0.05, 0) is 37.8 Å². The molecule has 0 saturated heterocycles. The molecule has 0 fully saturated rings. The van der Waals surface area contributed by atoms with Crippen LogP contribution < -0.4 is 11.1 Å². The van der Waals surface area contributed by atoms with Crippen LogP contribution in [0.25, 0.3) is 0 Å². The lowest BCUT2D eigenvalue weighted by Gasteiger charge is -2.07. The van der Waals surface area contributed by atoms with E-state index in [4.69, 9.17) is 5.73 Å².